The molecule has 2 N–H and O–H groups in total. The summed E-state index contributed by atoms with van der Waals surface area (Å²) < 4.78 is 10.5. The van der Waals surface area contributed by atoms with Crippen LogP contribution in [-0.4, -0.2) is 36.1 Å². The molecule has 126 valence electrons. The monoisotopic (exact) mass is 348 g/mol. The van der Waals surface area contributed by atoms with E-state index in [-0.39, 0.29) is 11.9 Å². The summed E-state index contributed by atoms with van der Waals surface area (Å²) >= 11 is 6.09. The Bertz CT molecular complexity index is 765. The van der Waals surface area contributed by atoms with Crippen LogP contribution in [0.1, 0.15) is 23.3 Å². The Morgan fingerprint density at radius 3 is 2.58 bits per heavy atom. The van der Waals surface area contributed by atoms with Crippen molar-refractivity contribution in [3.8, 4) is 11.5 Å². The zero-order valence-electron chi connectivity index (χ0n) is 13.3. The maximum Gasteiger partial charge on any atom is 0.270 e. The van der Waals surface area contributed by atoms with E-state index in [9.17, 15) is 4.79 Å². The summed E-state index contributed by atoms with van der Waals surface area (Å²) in [7, 11) is 3.07. The van der Waals surface area contributed by atoms with E-state index in [2.05, 4.69) is 20.6 Å². The molecule has 1 aromatic carbocycles. The second-order valence-electron chi connectivity index (χ2n) is 5.35. The molecule has 2 aromatic rings. The number of ether oxygens (including phenoxy) is 2. The number of carbonyl (C=O) groups is 1. The minimum atomic E-state index is -0.205. The largest absolute Gasteiger partial charge is 0.495 e. The van der Waals surface area contributed by atoms with Crippen LogP contribution in [0.5, 0.6) is 11.5 Å². The Morgan fingerprint density at radius 1 is 1.17 bits per heavy atom. The number of carbonyl (C=O) groups excluding carboxylic acids is 1. The van der Waals surface area contributed by atoms with E-state index in [1.54, 1.807) is 18.2 Å². The quantitative estimate of drug-likeness (QED) is 0.835. The van der Waals surface area contributed by atoms with Gasteiger partial charge < -0.3 is 20.1 Å². The van der Waals surface area contributed by atoms with E-state index in [1.807, 2.05) is 0 Å². The van der Waals surface area contributed by atoms with Crippen molar-refractivity contribution in [1.82, 2.24) is 15.3 Å². The molecule has 0 saturated heterocycles. The second-order valence-corrected chi connectivity index (χ2v) is 5.76. The fraction of sp³-hybridized carbons (Fsp3) is 0.312. The molecule has 8 heteroatoms. The standard InChI is InChI=1S/C16H17ClN4O3/c1-23-13-6-11(14(24-2)5-10(13)17)21-15-7-12(18-8-19-15)16(22)20-9-3-4-9/h5-9H,3-4H2,1-2H3,(H,20,22)(H,18,19,21). The summed E-state index contributed by atoms with van der Waals surface area (Å²) in [4.78, 5) is 20.2. The van der Waals surface area contributed by atoms with Gasteiger partial charge in [0, 0.05) is 24.2 Å². The fourth-order valence-electron chi connectivity index (χ4n) is 2.13. The highest BCUT2D eigenvalue weighted by molar-refractivity contribution is 6.32. The number of methoxy groups -OCH3 is 2. The van der Waals surface area contributed by atoms with E-state index in [1.165, 1.54) is 20.5 Å². The van der Waals surface area contributed by atoms with E-state index in [0.717, 1.165) is 12.8 Å². The maximum absolute atomic E-state index is 12.1. The van der Waals surface area contributed by atoms with Crippen LogP contribution in [0.25, 0.3) is 0 Å². The minimum Gasteiger partial charge on any atom is -0.495 e. The Hall–Kier alpha value is -2.54. The van der Waals surface area contributed by atoms with Gasteiger partial charge in [-0.25, -0.2) is 9.97 Å². The van der Waals surface area contributed by atoms with Crippen LogP contribution < -0.4 is 20.1 Å². The average Bonchev–Trinajstić information content (AvgIpc) is 3.40. The predicted molar refractivity (Wildman–Crippen MR) is 90.4 cm³/mol. The van der Waals surface area contributed by atoms with Gasteiger partial charge >= 0.3 is 0 Å². The molecule has 24 heavy (non-hydrogen) atoms. The van der Waals surface area contributed by atoms with E-state index >= 15 is 0 Å². The highest BCUT2D eigenvalue weighted by Crippen LogP contribution is 2.37. The molecule has 1 heterocycles. The smallest absolute Gasteiger partial charge is 0.270 e. The van der Waals surface area contributed by atoms with Crippen LogP contribution in [0.3, 0.4) is 0 Å². The van der Waals surface area contributed by atoms with Gasteiger partial charge in [0.15, 0.2) is 0 Å². The third-order valence-corrected chi connectivity index (χ3v) is 3.84. The van der Waals surface area contributed by atoms with Crippen molar-refractivity contribution in [2.45, 2.75) is 18.9 Å². The fourth-order valence-corrected chi connectivity index (χ4v) is 2.36. The molecule has 1 saturated carbocycles. The van der Waals surface area contributed by atoms with Crippen molar-refractivity contribution in [2.75, 3.05) is 19.5 Å². The van der Waals surface area contributed by atoms with Crippen molar-refractivity contribution >= 4 is 29.0 Å². The van der Waals surface area contributed by atoms with E-state index in [0.29, 0.717) is 33.7 Å². The number of anilines is 2. The molecule has 3 rings (SSSR count). The van der Waals surface area contributed by atoms with Crippen LogP contribution in [0.15, 0.2) is 24.5 Å². The summed E-state index contributed by atoms with van der Waals surface area (Å²) in [5.74, 6) is 1.29. The van der Waals surface area contributed by atoms with Gasteiger partial charge in [-0.3, -0.25) is 4.79 Å². The summed E-state index contributed by atoms with van der Waals surface area (Å²) in [6.07, 6.45) is 3.37. The molecule has 1 aliphatic rings. The first-order valence-electron chi connectivity index (χ1n) is 7.42. The molecular weight excluding hydrogens is 332 g/mol. The van der Waals surface area contributed by atoms with Crippen LogP contribution in [0, 0.1) is 0 Å². The van der Waals surface area contributed by atoms with Crippen molar-refractivity contribution < 1.29 is 14.3 Å². The molecule has 1 amide bonds. The lowest BCUT2D eigenvalue weighted by atomic mass is 10.2. The molecule has 0 spiro atoms. The van der Waals surface area contributed by atoms with Crippen molar-refractivity contribution in [3.05, 3.63) is 35.2 Å². The zero-order chi connectivity index (χ0) is 17.1. The lowest BCUT2D eigenvalue weighted by molar-refractivity contribution is 0.0946. The maximum atomic E-state index is 12.1. The molecule has 0 unspecified atom stereocenters. The number of nitrogens with one attached hydrogen (secondary N) is 2. The molecular formula is C16H17ClN4O3. The number of amides is 1. The summed E-state index contributed by atoms with van der Waals surface area (Å²) in [5.41, 5.74) is 0.922. The Balaban J connectivity index is 1.84. The Labute approximate surface area is 144 Å². The van der Waals surface area contributed by atoms with E-state index < -0.39 is 0 Å². The third kappa shape index (κ3) is 3.68. The second kappa shape index (κ2) is 6.92. The normalized spacial score (nSPS) is 13.3. The minimum absolute atomic E-state index is 0.205. The Morgan fingerprint density at radius 2 is 1.92 bits per heavy atom. The number of hydrogen-bond donors (Lipinski definition) is 2. The summed E-state index contributed by atoms with van der Waals surface area (Å²) in [5, 5.41) is 6.42. The summed E-state index contributed by atoms with van der Waals surface area (Å²) in [6, 6.07) is 5.19. The van der Waals surface area contributed by atoms with Gasteiger partial charge in [-0.05, 0) is 12.8 Å². The SMILES string of the molecule is COc1cc(Nc2cc(C(=O)NC3CC3)ncn2)c(OC)cc1Cl. The van der Waals surface area contributed by atoms with Crippen molar-refractivity contribution in [3.63, 3.8) is 0 Å². The highest BCUT2D eigenvalue weighted by Gasteiger charge is 2.24. The lowest BCUT2D eigenvalue weighted by Crippen LogP contribution is -2.26. The van der Waals surface area contributed by atoms with Gasteiger partial charge in [-0.15, -0.1) is 0 Å². The first-order chi connectivity index (χ1) is 11.6. The average molecular weight is 349 g/mol. The zero-order valence-corrected chi connectivity index (χ0v) is 14.1. The number of hydrogen-bond acceptors (Lipinski definition) is 6. The van der Waals surface area contributed by atoms with Gasteiger partial charge in [0.25, 0.3) is 5.91 Å². The lowest BCUT2D eigenvalue weighted by Gasteiger charge is -2.13. The Kier molecular flexibility index (Phi) is 4.71. The van der Waals surface area contributed by atoms with Crippen LogP contribution >= 0.6 is 11.6 Å². The third-order valence-electron chi connectivity index (χ3n) is 3.55. The molecule has 7 nitrogen and oxygen atoms in total. The van der Waals surface area contributed by atoms with Crippen LogP contribution in [0.2, 0.25) is 5.02 Å². The predicted octanol–water partition coefficient (Wildman–Crippen LogP) is 2.78. The van der Waals surface area contributed by atoms with Gasteiger partial charge in [0.05, 0.1) is 24.9 Å². The topological polar surface area (TPSA) is 85.4 Å². The highest BCUT2D eigenvalue weighted by atomic mass is 35.5. The number of nitrogens with zero attached hydrogens (tertiary/aromatic N) is 2. The molecule has 1 aromatic heterocycles. The number of benzene rings is 1. The number of halogens is 1. The van der Waals surface area contributed by atoms with Crippen molar-refractivity contribution in [1.29, 1.82) is 0 Å². The number of rotatable bonds is 6. The van der Waals surface area contributed by atoms with Crippen LogP contribution in [0.4, 0.5) is 11.5 Å². The summed E-state index contributed by atoms with van der Waals surface area (Å²) in [6.45, 7) is 0. The molecule has 1 fully saturated rings. The first-order valence-corrected chi connectivity index (χ1v) is 7.80. The molecule has 0 aliphatic heterocycles. The molecule has 0 bridgehead atoms. The van der Waals surface area contributed by atoms with Gasteiger partial charge in [-0.1, -0.05) is 11.6 Å². The van der Waals surface area contributed by atoms with Gasteiger partial charge in [0.1, 0.15) is 29.3 Å². The van der Waals surface area contributed by atoms with Gasteiger partial charge in [0.2, 0.25) is 0 Å². The van der Waals surface area contributed by atoms with Crippen LogP contribution in [-0.2, 0) is 0 Å². The van der Waals surface area contributed by atoms with Gasteiger partial charge in [-0.2, -0.15) is 0 Å². The van der Waals surface area contributed by atoms with Crippen molar-refractivity contribution in [2.24, 2.45) is 0 Å². The molecule has 0 atom stereocenters. The van der Waals surface area contributed by atoms with E-state index in [4.69, 9.17) is 21.1 Å². The number of aromatic nitrogens is 2. The molecule has 0 radical (unpaired) electrons. The first kappa shape index (κ1) is 16.3. The molecule has 1 aliphatic carbocycles.